The van der Waals surface area contributed by atoms with Gasteiger partial charge >= 0.3 is 6.18 Å². The second-order valence-electron chi connectivity index (χ2n) is 11.8. The summed E-state index contributed by atoms with van der Waals surface area (Å²) in [6.45, 7) is -0.329. The summed E-state index contributed by atoms with van der Waals surface area (Å²) in [5.74, 6) is -11.9. The first kappa shape index (κ1) is 31.1. The van der Waals surface area contributed by atoms with Gasteiger partial charge in [-0.05, 0) is 44.5 Å². The van der Waals surface area contributed by atoms with Gasteiger partial charge in [0.25, 0.3) is 6.01 Å². The number of aromatic hydroxyl groups is 1. The first-order chi connectivity index (χ1) is 20.4. The molecule has 16 heteroatoms. The largest absolute Gasteiger partial charge is 0.507 e. The van der Waals surface area contributed by atoms with Gasteiger partial charge in [-0.1, -0.05) is 0 Å². The molecule has 1 amide bonds. The molecule has 6 atom stereocenters. The molecule has 5 N–H and O–H groups in total. The van der Waals surface area contributed by atoms with E-state index in [1.807, 2.05) is 0 Å². The predicted octanol–water partition coefficient (Wildman–Crippen LogP) is 0.552. The summed E-state index contributed by atoms with van der Waals surface area (Å²) < 4.78 is 43.6. The summed E-state index contributed by atoms with van der Waals surface area (Å²) >= 11 is 0. The number of rotatable bonds is 6. The van der Waals surface area contributed by atoms with Crippen LogP contribution in [0.2, 0.25) is 0 Å². The molecule has 3 aliphatic carbocycles. The number of nitrogens with zero attached hydrogens (tertiary/aromatic N) is 3. The number of hydrogen-bond acceptors (Lipinski definition) is 12. The Bertz CT molecular complexity index is 1600. The topological polar surface area (TPSA) is 196 Å². The van der Waals surface area contributed by atoms with Crippen molar-refractivity contribution in [3.63, 3.8) is 0 Å². The number of primary amides is 1. The van der Waals surface area contributed by atoms with Crippen LogP contribution in [0.1, 0.15) is 33.6 Å². The number of likely N-dealkylation sites (N-methyl/N-ethyl adjacent to an activating group) is 1. The number of alkyl halides is 3. The first-order valence-electron chi connectivity index (χ1n) is 13.6. The van der Waals surface area contributed by atoms with Crippen LogP contribution in [0.25, 0.3) is 0 Å². The van der Waals surface area contributed by atoms with E-state index in [1.54, 1.807) is 19.0 Å². The highest BCUT2D eigenvalue weighted by molar-refractivity contribution is 6.32. The summed E-state index contributed by atoms with van der Waals surface area (Å²) in [6.07, 6.45) is -4.38. The van der Waals surface area contributed by atoms with Gasteiger partial charge in [0, 0.05) is 37.8 Å². The van der Waals surface area contributed by atoms with E-state index >= 15 is 0 Å². The number of phenolic OH excluding ortho intramolecular Hbond substituents is 1. The third kappa shape index (κ3) is 4.54. The smallest absolute Gasteiger partial charge is 0.436 e. The monoisotopic (exact) mass is 621 g/mol. The van der Waals surface area contributed by atoms with Crippen LogP contribution in [-0.4, -0.2) is 89.0 Å². The quantitative estimate of drug-likeness (QED) is 0.328. The molecule has 13 nitrogen and oxygen atoms in total. The van der Waals surface area contributed by atoms with E-state index < -0.39 is 88.0 Å². The van der Waals surface area contributed by atoms with Crippen LogP contribution in [0.15, 0.2) is 16.7 Å². The Morgan fingerprint density at radius 2 is 1.84 bits per heavy atom. The fourth-order valence-electron chi connectivity index (χ4n) is 6.90. The average Bonchev–Trinajstić information content (AvgIpc) is 3.39. The minimum absolute atomic E-state index is 0.0509. The molecule has 0 radical (unpaired) electrons. The molecule has 3 aliphatic rings. The molecule has 2 fully saturated rings. The molecule has 5 rings (SSSR count). The lowest BCUT2D eigenvalue weighted by Crippen LogP contribution is -2.74. The van der Waals surface area contributed by atoms with Gasteiger partial charge in [-0.15, -0.1) is 0 Å². The van der Waals surface area contributed by atoms with Crippen molar-refractivity contribution in [3.8, 4) is 5.75 Å². The number of aliphatic hydroxyl groups is 1. The normalized spacial score (nSPS) is 28.4. The Labute approximate surface area is 248 Å². The van der Waals surface area contributed by atoms with E-state index in [9.17, 15) is 47.4 Å². The summed E-state index contributed by atoms with van der Waals surface area (Å²) in [7, 11) is 6.32. The van der Waals surface area contributed by atoms with E-state index in [1.165, 1.54) is 25.1 Å². The van der Waals surface area contributed by atoms with Crippen LogP contribution in [0, 0.1) is 23.7 Å². The van der Waals surface area contributed by atoms with Gasteiger partial charge in [-0.3, -0.25) is 28.9 Å². The number of hydrogen-bond donors (Lipinski definition) is 4. The third-order valence-corrected chi connectivity index (χ3v) is 8.82. The number of aromatic nitrogens is 1. The lowest BCUT2D eigenvalue weighted by Gasteiger charge is -2.52. The summed E-state index contributed by atoms with van der Waals surface area (Å²) in [5.41, 5.74) is 1.85. The number of anilines is 2. The number of carbonyl (C=O) groups excluding carboxylic acids is 5. The van der Waals surface area contributed by atoms with Crippen LogP contribution in [-0.2, 0) is 38.3 Å². The molecule has 0 aliphatic heterocycles. The SMILES string of the molecule is CN(C)c1cc(CNc2nc(C(F)(F)F)co2)c(O)c2c1C[C@H]1C[C@H]3[C@H](N(C)C)C(=O)C(C(N)=O)C(=O)[C@@]3(O)C(=O)C1C2=O. The van der Waals surface area contributed by atoms with E-state index in [2.05, 4.69) is 10.3 Å². The molecule has 1 heterocycles. The molecule has 1 aromatic heterocycles. The van der Waals surface area contributed by atoms with Crippen LogP contribution in [0.5, 0.6) is 5.75 Å². The number of nitrogens with two attached hydrogens (primary N) is 1. The number of carbonyl (C=O) groups is 5. The molecule has 2 aromatic rings. The van der Waals surface area contributed by atoms with Crippen molar-refractivity contribution < 1.29 is 51.8 Å². The van der Waals surface area contributed by atoms with Crippen LogP contribution in [0.3, 0.4) is 0 Å². The molecule has 236 valence electrons. The van der Waals surface area contributed by atoms with Crippen molar-refractivity contribution in [3.05, 3.63) is 34.7 Å². The lowest BCUT2D eigenvalue weighted by molar-refractivity contribution is -0.181. The maximum Gasteiger partial charge on any atom is 0.436 e. The van der Waals surface area contributed by atoms with Crippen molar-refractivity contribution in [1.82, 2.24) is 9.88 Å². The zero-order valence-electron chi connectivity index (χ0n) is 24.1. The van der Waals surface area contributed by atoms with Crippen molar-refractivity contribution in [2.24, 2.45) is 29.4 Å². The Morgan fingerprint density at radius 3 is 2.39 bits per heavy atom. The Hall–Kier alpha value is -4.31. The minimum Gasteiger partial charge on any atom is -0.507 e. The highest BCUT2D eigenvalue weighted by atomic mass is 19.4. The van der Waals surface area contributed by atoms with Crippen molar-refractivity contribution >= 4 is 40.7 Å². The van der Waals surface area contributed by atoms with Gasteiger partial charge in [-0.2, -0.15) is 18.2 Å². The Kier molecular flexibility index (Phi) is 7.36. The molecular formula is C28H30F3N5O8. The summed E-state index contributed by atoms with van der Waals surface area (Å²) in [4.78, 5) is 73.2. The fraction of sp³-hybridized carbons (Fsp3) is 0.500. The third-order valence-electron chi connectivity index (χ3n) is 8.82. The number of fused-ring (bicyclic) bond motifs is 3. The second-order valence-corrected chi connectivity index (χ2v) is 11.8. The predicted molar refractivity (Wildman–Crippen MR) is 145 cm³/mol. The maximum atomic E-state index is 14.0. The van der Waals surface area contributed by atoms with Gasteiger partial charge in [0.1, 0.15) is 12.0 Å². The Balaban J connectivity index is 1.56. The van der Waals surface area contributed by atoms with Gasteiger partial charge in [0.15, 0.2) is 40.3 Å². The zero-order chi connectivity index (χ0) is 32.6. The van der Waals surface area contributed by atoms with Crippen molar-refractivity contribution in [2.75, 3.05) is 38.4 Å². The number of amides is 1. The molecule has 0 saturated heterocycles. The van der Waals surface area contributed by atoms with Crippen LogP contribution >= 0.6 is 0 Å². The van der Waals surface area contributed by atoms with Gasteiger partial charge in [-0.25, -0.2) is 0 Å². The van der Waals surface area contributed by atoms with Crippen LogP contribution < -0.4 is 16.0 Å². The standard InChI is InChI=1S/C28H30F3N5O8/c1-35(2)14-7-11(8-33-26-34-15(9-44-26)28(29,30)31)20(37)17-12(14)5-10-6-13-19(36(3)4)22(39)18(25(32)42)24(41)27(13,43)23(40)16(10)21(17)38/h7,9-10,13,16,18-19,37,43H,5-6,8H2,1-4H3,(H2,32,42)(H,33,34)/t10-,13-,16?,18?,19-,27-/m0/s1. The minimum atomic E-state index is -4.74. The lowest BCUT2D eigenvalue weighted by atomic mass is 9.52. The van der Waals surface area contributed by atoms with Crippen LogP contribution in [0.4, 0.5) is 24.9 Å². The zero-order valence-corrected chi connectivity index (χ0v) is 24.1. The van der Waals surface area contributed by atoms with Gasteiger partial charge < -0.3 is 30.6 Å². The average molecular weight is 622 g/mol. The van der Waals surface area contributed by atoms with Gasteiger partial charge in [0.05, 0.1) is 17.5 Å². The Morgan fingerprint density at radius 1 is 1.18 bits per heavy atom. The molecule has 1 aromatic carbocycles. The molecule has 44 heavy (non-hydrogen) atoms. The second kappa shape index (κ2) is 10.4. The van der Waals surface area contributed by atoms with Crippen molar-refractivity contribution in [2.45, 2.75) is 37.2 Å². The highest BCUT2D eigenvalue weighted by Crippen LogP contribution is 2.52. The fourth-order valence-corrected chi connectivity index (χ4v) is 6.90. The number of benzene rings is 1. The van der Waals surface area contributed by atoms with E-state index in [0.717, 1.165) is 0 Å². The number of oxazole rings is 1. The van der Waals surface area contributed by atoms with Gasteiger partial charge in [0.2, 0.25) is 5.91 Å². The van der Waals surface area contributed by atoms with E-state index in [4.69, 9.17) is 10.2 Å². The summed E-state index contributed by atoms with van der Waals surface area (Å²) in [5, 5.41) is 25.5. The number of halogens is 3. The van der Waals surface area contributed by atoms with Crippen molar-refractivity contribution in [1.29, 1.82) is 0 Å². The molecule has 2 unspecified atom stereocenters. The highest BCUT2D eigenvalue weighted by Gasteiger charge is 2.69. The number of phenols is 1. The number of nitrogens with one attached hydrogen (secondary N) is 1. The molecule has 0 bridgehead atoms. The number of Topliss-reactive ketones (excluding diaryl/α,β-unsaturated/α-hetero) is 4. The summed E-state index contributed by atoms with van der Waals surface area (Å²) in [6, 6.07) is -0.190. The maximum absolute atomic E-state index is 14.0. The number of ketones is 4. The molecular weight excluding hydrogens is 591 g/mol. The molecule has 0 spiro atoms. The van der Waals surface area contributed by atoms with E-state index in [-0.39, 0.29) is 30.5 Å². The first-order valence-corrected chi connectivity index (χ1v) is 13.6. The van der Waals surface area contributed by atoms with E-state index in [0.29, 0.717) is 17.5 Å². The molecule has 2 saturated carbocycles.